The van der Waals surface area contributed by atoms with Crippen molar-refractivity contribution in [2.75, 3.05) is 25.5 Å². The third-order valence-electron chi connectivity index (χ3n) is 2.90. The number of anilines is 1. The summed E-state index contributed by atoms with van der Waals surface area (Å²) >= 11 is 3.39. The van der Waals surface area contributed by atoms with Crippen LogP contribution in [0.15, 0.2) is 22.7 Å². The van der Waals surface area contributed by atoms with Crippen molar-refractivity contribution < 1.29 is 14.3 Å². The van der Waals surface area contributed by atoms with E-state index in [9.17, 15) is 9.59 Å². The van der Waals surface area contributed by atoms with Gasteiger partial charge in [0.1, 0.15) is 0 Å². The van der Waals surface area contributed by atoms with Gasteiger partial charge < -0.3 is 21.1 Å². The first-order valence-electron chi connectivity index (χ1n) is 6.51. The largest absolute Gasteiger partial charge is 0.380 e. The fourth-order valence-corrected chi connectivity index (χ4v) is 1.89. The summed E-state index contributed by atoms with van der Waals surface area (Å²) in [5, 5.41) is 5.25. The van der Waals surface area contributed by atoms with E-state index in [0.717, 1.165) is 10.0 Å². The number of carbonyl (C=O) groups excluding carboxylic acids is 2. The van der Waals surface area contributed by atoms with Crippen molar-refractivity contribution in [3.05, 3.63) is 28.2 Å². The fraction of sp³-hybridized carbons (Fsp3) is 0.429. The molecule has 0 aromatic heterocycles. The zero-order valence-electron chi connectivity index (χ0n) is 12.5. The first-order valence-corrected chi connectivity index (χ1v) is 7.31. The zero-order chi connectivity index (χ0) is 15.8. The average molecular weight is 395 g/mol. The van der Waals surface area contributed by atoms with Gasteiger partial charge >= 0.3 is 0 Å². The van der Waals surface area contributed by atoms with Crippen molar-refractivity contribution in [1.82, 2.24) is 5.32 Å². The maximum Gasteiger partial charge on any atom is 0.243 e. The monoisotopic (exact) mass is 393 g/mol. The van der Waals surface area contributed by atoms with E-state index in [1.165, 1.54) is 7.11 Å². The second kappa shape index (κ2) is 10.6. The fourth-order valence-electron chi connectivity index (χ4n) is 1.65. The van der Waals surface area contributed by atoms with E-state index >= 15 is 0 Å². The summed E-state index contributed by atoms with van der Waals surface area (Å²) in [5.41, 5.74) is 7.13. The molecule has 22 heavy (non-hydrogen) atoms. The molecular weight excluding hydrogens is 374 g/mol. The highest BCUT2D eigenvalue weighted by Gasteiger charge is 2.12. The number of hydrogen-bond donors (Lipinski definition) is 3. The first-order chi connectivity index (χ1) is 9.96. The van der Waals surface area contributed by atoms with Crippen LogP contribution >= 0.6 is 28.3 Å². The Balaban J connectivity index is 0.00000441. The quantitative estimate of drug-likeness (QED) is 0.655. The van der Waals surface area contributed by atoms with Gasteiger partial charge in [0.2, 0.25) is 11.8 Å². The normalized spacial score (nSPS) is 11.3. The summed E-state index contributed by atoms with van der Waals surface area (Å²) in [6, 6.07) is 5.49. The molecule has 8 heteroatoms. The maximum atomic E-state index is 11.7. The Morgan fingerprint density at radius 2 is 2.05 bits per heavy atom. The van der Waals surface area contributed by atoms with Crippen LogP contribution in [-0.2, 0) is 14.3 Å². The van der Waals surface area contributed by atoms with Crippen LogP contribution < -0.4 is 16.4 Å². The molecule has 4 N–H and O–H groups in total. The molecule has 0 heterocycles. The Morgan fingerprint density at radius 3 is 2.59 bits per heavy atom. The van der Waals surface area contributed by atoms with Gasteiger partial charge in [-0.1, -0.05) is 15.9 Å². The molecule has 0 aliphatic heterocycles. The van der Waals surface area contributed by atoms with E-state index in [0.29, 0.717) is 5.69 Å². The van der Waals surface area contributed by atoms with Gasteiger partial charge in [0.05, 0.1) is 19.1 Å². The van der Waals surface area contributed by atoms with E-state index < -0.39 is 0 Å². The number of hydrogen-bond acceptors (Lipinski definition) is 4. The van der Waals surface area contributed by atoms with Crippen LogP contribution in [0, 0.1) is 6.92 Å². The van der Waals surface area contributed by atoms with Gasteiger partial charge in [-0.2, -0.15) is 0 Å². The van der Waals surface area contributed by atoms with Crippen molar-refractivity contribution in [3.8, 4) is 0 Å². The number of carbonyl (C=O) groups is 2. The van der Waals surface area contributed by atoms with Crippen molar-refractivity contribution >= 4 is 45.8 Å². The molecule has 0 aliphatic carbocycles. The molecule has 1 aromatic rings. The second-order valence-electron chi connectivity index (χ2n) is 4.59. The smallest absolute Gasteiger partial charge is 0.243 e. The maximum absolute atomic E-state index is 11.7. The number of methoxy groups -OCH3 is 1. The number of amides is 2. The Hall–Kier alpha value is -1.15. The lowest BCUT2D eigenvalue weighted by molar-refractivity contribution is -0.125. The molecule has 6 nitrogen and oxygen atoms in total. The van der Waals surface area contributed by atoms with E-state index in [1.54, 1.807) is 6.07 Å². The number of ether oxygens (including phenoxy) is 1. The summed E-state index contributed by atoms with van der Waals surface area (Å²) in [5.74, 6) is -0.554. The van der Waals surface area contributed by atoms with Gasteiger partial charge in [0.15, 0.2) is 0 Å². The Bertz CT molecular complexity index is 510. The molecule has 0 spiro atoms. The number of rotatable bonds is 7. The predicted octanol–water partition coefficient (Wildman–Crippen LogP) is 1.60. The molecule has 1 aromatic carbocycles. The van der Waals surface area contributed by atoms with Crippen LogP contribution in [-0.4, -0.2) is 38.1 Å². The van der Waals surface area contributed by atoms with Crippen molar-refractivity contribution in [2.24, 2.45) is 5.73 Å². The minimum Gasteiger partial charge on any atom is -0.380 e. The molecular formula is C14H21BrClN3O3. The summed E-state index contributed by atoms with van der Waals surface area (Å²) in [6.45, 7) is 2.10. The molecule has 0 aliphatic rings. The summed E-state index contributed by atoms with van der Waals surface area (Å²) in [7, 11) is 1.49. The van der Waals surface area contributed by atoms with Crippen molar-refractivity contribution in [1.29, 1.82) is 0 Å². The number of nitrogens with one attached hydrogen (secondary N) is 2. The van der Waals surface area contributed by atoms with Crippen LogP contribution in [0.1, 0.15) is 12.0 Å². The predicted molar refractivity (Wildman–Crippen MR) is 92.2 cm³/mol. The van der Waals surface area contributed by atoms with Crippen LogP contribution in [0.4, 0.5) is 5.69 Å². The van der Waals surface area contributed by atoms with Gasteiger partial charge in [0.25, 0.3) is 0 Å². The standard InChI is InChI=1S/C14H20BrN3O3.ClH/c1-9-5-10(3-4-12(9)15)18-14(20)8-17-13(19)6-11(7-16)21-2;/h3-5,11H,6-8,16H2,1-2H3,(H,17,19)(H,18,20);1H. The van der Waals surface area contributed by atoms with Crippen molar-refractivity contribution in [3.63, 3.8) is 0 Å². The molecule has 0 saturated heterocycles. The third-order valence-corrected chi connectivity index (χ3v) is 3.79. The first kappa shape index (κ1) is 20.9. The van der Waals surface area contributed by atoms with Crippen LogP contribution in [0.25, 0.3) is 0 Å². The molecule has 124 valence electrons. The lowest BCUT2D eigenvalue weighted by Gasteiger charge is -2.12. The summed E-state index contributed by atoms with van der Waals surface area (Å²) in [6.07, 6.45) is -0.195. The molecule has 2 amide bonds. The lowest BCUT2D eigenvalue weighted by Crippen LogP contribution is -2.36. The van der Waals surface area contributed by atoms with Crippen molar-refractivity contribution in [2.45, 2.75) is 19.4 Å². The molecule has 0 bridgehead atoms. The van der Waals surface area contributed by atoms with E-state index in [1.807, 2.05) is 19.1 Å². The Morgan fingerprint density at radius 1 is 1.36 bits per heavy atom. The molecule has 0 fully saturated rings. The highest BCUT2D eigenvalue weighted by molar-refractivity contribution is 9.10. The van der Waals surface area contributed by atoms with E-state index in [-0.39, 0.29) is 49.8 Å². The number of benzene rings is 1. The molecule has 0 radical (unpaired) electrons. The van der Waals surface area contributed by atoms with Crippen LogP contribution in [0.3, 0.4) is 0 Å². The third kappa shape index (κ3) is 7.22. The van der Waals surface area contributed by atoms with Crippen LogP contribution in [0.5, 0.6) is 0 Å². The Labute approximate surface area is 144 Å². The molecule has 0 saturated carbocycles. The SMILES string of the molecule is COC(CN)CC(=O)NCC(=O)Nc1ccc(Br)c(C)c1.Cl. The lowest BCUT2D eigenvalue weighted by atomic mass is 10.2. The number of nitrogens with two attached hydrogens (primary N) is 1. The van der Waals surface area contributed by atoms with Gasteiger partial charge in [-0.25, -0.2) is 0 Å². The number of aryl methyl sites for hydroxylation is 1. The topological polar surface area (TPSA) is 93.4 Å². The molecule has 1 rings (SSSR count). The van der Waals surface area contributed by atoms with Gasteiger partial charge in [0, 0.05) is 23.8 Å². The Kier molecular flexibility index (Phi) is 10.0. The average Bonchev–Trinajstić information content (AvgIpc) is 2.46. The summed E-state index contributed by atoms with van der Waals surface area (Å²) in [4.78, 5) is 23.3. The minimum absolute atomic E-state index is 0. The van der Waals surface area contributed by atoms with E-state index in [4.69, 9.17) is 10.5 Å². The van der Waals surface area contributed by atoms with Gasteiger partial charge in [-0.15, -0.1) is 12.4 Å². The van der Waals surface area contributed by atoms with Gasteiger partial charge in [-0.3, -0.25) is 9.59 Å². The highest BCUT2D eigenvalue weighted by atomic mass is 79.9. The number of halogens is 2. The zero-order valence-corrected chi connectivity index (χ0v) is 14.9. The minimum atomic E-state index is -0.331. The van der Waals surface area contributed by atoms with Gasteiger partial charge in [-0.05, 0) is 30.7 Å². The van der Waals surface area contributed by atoms with E-state index in [2.05, 4.69) is 26.6 Å². The second-order valence-corrected chi connectivity index (χ2v) is 5.44. The highest BCUT2D eigenvalue weighted by Crippen LogP contribution is 2.19. The molecule has 1 atom stereocenters. The molecule has 1 unspecified atom stereocenters. The summed E-state index contributed by atoms with van der Waals surface area (Å²) < 4.78 is 5.98. The van der Waals surface area contributed by atoms with Crippen LogP contribution in [0.2, 0.25) is 0 Å².